The average Bonchev–Trinajstić information content (AvgIpc) is 2.85. The lowest BCUT2D eigenvalue weighted by Gasteiger charge is -2.29. The van der Waals surface area contributed by atoms with Crippen molar-refractivity contribution in [1.29, 1.82) is 0 Å². The Labute approximate surface area is 238 Å². The Morgan fingerprint density at radius 1 is 0.513 bits per heavy atom. The number of anilines is 1. The van der Waals surface area contributed by atoms with Crippen molar-refractivity contribution < 1.29 is 0 Å². The molecule has 208 valence electrons. The van der Waals surface area contributed by atoms with Gasteiger partial charge in [-0.05, 0) is 84.7 Å². The van der Waals surface area contributed by atoms with E-state index in [1.165, 1.54) is 33.4 Å². The van der Waals surface area contributed by atoms with Gasteiger partial charge in [-0.1, -0.05) is 110 Å². The number of aryl methyl sites for hydroxylation is 2. The van der Waals surface area contributed by atoms with E-state index in [0.717, 1.165) is 28.7 Å². The fraction of sp³-hybridized carbons (Fsp3) is 0.444. The molecule has 0 aliphatic heterocycles. The zero-order chi connectivity index (χ0) is 29.0. The molecular weight excluding hydrogens is 474 g/mol. The molecule has 0 saturated heterocycles. The third kappa shape index (κ3) is 6.69. The highest BCUT2D eigenvalue weighted by Gasteiger charge is 2.22. The molecule has 0 atom stereocenters. The van der Waals surface area contributed by atoms with Crippen LogP contribution in [0.1, 0.15) is 126 Å². The van der Waals surface area contributed by atoms with E-state index >= 15 is 0 Å². The van der Waals surface area contributed by atoms with Crippen LogP contribution in [0.5, 0.6) is 0 Å². The van der Waals surface area contributed by atoms with Crippen LogP contribution in [-0.2, 0) is 0 Å². The van der Waals surface area contributed by atoms with Crippen molar-refractivity contribution >= 4 is 28.7 Å². The topological polar surface area (TPSA) is 28.0 Å². The molecule has 3 nitrogen and oxygen atoms in total. The predicted octanol–water partition coefficient (Wildman–Crippen LogP) is 11.1. The maximum atomic E-state index is 5.40. The van der Waals surface area contributed by atoms with Gasteiger partial charge in [0.1, 0.15) is 11.7 Å². The van der Waals surface area contributed by atoms with E-state index in [-0.39, 0.29) is 0 Å². The molecule has 0 radical (unpaired) electrons. The second-order valence-electron chi connectivity index (χ2n) is 12.1. The molecule has 39 heavy (non-hydrogen) atoms. The first-order valence-electron chi connectivity index (χ1n) is 14.6. The number of hydrogen-bond acceptors (Lipinski definition) is 2. The maximum absolute atomic E-state index is 5.40. The van der Waals surface area contributed by atoms with Crippen LogP contribution in [0.25, 0.3) is 0 Å². The molecule has 0 spiro atoms. The SMILES string of the molecule is CC(=Nc1c(C(C)C)cccc1C(C)C)N(C(C)=Nc1c(C(C)C)cccc1C(C)C)c1c(C)cccc1C. The smallest absolute Gasteiger partial charge is 0.112 e. The van der Waals surface area contributed by atoms with E-state index in [0.29, 0.717) is 23.7 Å². The van der Waals surface area contributed by atoms with Crippen LogP contribution in [0.3, 0.4) is 0 Å². The van der Waals surface area contributed by atoms with Gasteiger partial charge in [0.25, 0.3) is 0 Å². The molecule has 0 amide bonds. The maximum Gasteiger partial charge on any atom is 0.112 e. The summed E-state index contributed by atoms with van der Waals surface area (Å²) in [4.78, 5) is 13.1. The molecule has 0 unspecified atom stereocenters. The Morgan fingerprint density at radius 3 is 1.08 bits per heavy atom. The third-order valence-corrected chi connectivity index (χ3v) is 7.54. The van der Waals surface area contributed by atoms with Crippen molar-refractivity contribution in [2.24, 2.45) is 9.98 Å². The summed E-state index contributed by atoms with van der Waals surface area (Å²) in [5, 5.41) is 0. The van der Waals surface area contributed by atoms with Crippen molar-refractivity contribution in [2.75, 3.05) is 4.90 Å². The average molecular weight is 524 g/mol. The Balaban J connectivity index is 2.35. The molecular formula is C36H49N3. The van der Waals surface area contributed by atoms with E-state index in [1.807, 2.05) is 0 Å². The van der Waals surface area contributed by atoms with Gasteiger partial charge in [-0.25, -0.2) is 9.98 Å². The highest BCUT2D eigenvalue weighted by atomic mass is 15.2. The molecule has 0 aliphatic rings. The number of para-hydroxylation sites is 3. The van der Waals surface area contributed by atoms with Gasteiger partial charge in [0.15, 0.2) is 0 Å². The van der Waals surface area contributed by atoms with Gasteiger partial charge >= 0.3 is 0 Å². The summed E-state index contributed by atoms with van der Waals surface area (Å²) >= 11 is 0. The van der Waals surface area contributed by atoms with Gasteiger partial charge in [-0.3, -0.25) is 4.90 Å². The van der Waals surface area contributed by atoms with Crippen molar-refractivity contribution in [2.45, 2.75) is 107 Å². The number of aliphatic imine (C=N–C) groups is 2. The van der Waals surface area contributed by atoms with E-state index in [1.54, 1.807) is 0 Å². The lowest BCUT2D eigenvalue weighted by molar-refractivity contribution is 0.834. The third-order valence-electron chi connectivity index (χ3n) is 7.54. The molecule has 3 aromatic rings. The predicted molar refractivity (Wildman–Crippen MR) is 173 cm³/mol. The van der Waals surface area contributed by atoms with Gasteiger partial charge in [0.2, 0.25) is 0 Å². The summed E-state index contributed by atoms with van der Waals surface area (Å²) in [5.41, 5.74) is 10.9. The second-order valence-corrected chi connectivity index (χ2v) is 12.1. The van der Waals surface area contributed by atoms with Crippen LogP contribution in [-0.4, -0.2) is 11.7 Å². The van der Waals surface area contributed by atoms with Crippen molar-refractivity contribution in [3.63, 3.8) is 0 Å². The number of amidine groups is 2. The normalized spacial score (nSPS) is 12.8. The molecule has 3 rings (SSSR count). The Morgan fingerprint density at radius 2 is 0.795 bits per heavy atom. The van der Waals surface area contributed by atoms with Crippen LogP contribution < -0.4 is 4.90 Å². The summed E-state index contributed by atoms with van der Waals surface area (Å²) in [6.07, 6.45) is 0. The minimum absolute atomic E-state index is 0.380. The summed E-state index contributed by atoms with van der Waals surface area (Å²) in [7, 11) is 0. The van der Waals surface area contributed by atoms with Gasteiger partial charge in [0, 0.05) is 0 Å². The second kappa shape index (κ2) is 12.8. The molecule has 0 aliphatic carbocycles. The molecule has 0 fully saturated rings. The summed E-state index contributed by atoms with van der Waals surface area (Å²) in [5.74, 6) is 3.37. The number of nitrogens with zero attached hydrogens (tertiary/aromatic N) is 3. The Hall–Kier alpha value is -3.20. The lowest BCUT2D eigenvalue weighted by atomic mass is 9.93. The van der Waals surface area contributed by atoms with E-state index in [9.17, 15) is 0 Å². The molecule has 3 heteroatoms. The molecule has 0 heterocycles. The molecule has 0 aromatic heterocycles. The molecule has 0 N–H and O–H groups in total. The largest absolute Gasteiger partial charge is 0.286 e. The highest BCUT2D eigenvalue weighted by molar-refractivity contribution is 6.19. The Kier molecular flexibility index (Phi) is 9.93. The first-order chi connectivity index (χ1) is 18.3. The van der Waals surface area contributed by atoms with Crippen LogP contribution in [0.2, 0.25) is 0 Å². The van der Waals surface area contributed by atoms with Crippen LogP contribution in [0, 0.1) is 13.8 Å². The number of benzene rings is 3. The van der Waals surface area contributed by atoms with E-state index in [4.69, 9.17) is 9.98 Å². The fourth-order valence-electron chi connectivity index (χ4n) is 5.42. The summed E-state index contributed by atoms with van der Waals surface area (Å²) in [6.45, 7) is 26.6. The summed E-state index contributed by atoms with van der Waals surface area (Å²) < 4.78 is 0. The standard InChI is InChI=1S/C36H49N3/c1-22(2)30-18-14-19-31(23(3)4)34(30)37-28(11)39(36-26(9)16-13-17-27(36)10)29(12)38-35-32(24(5)6)20-15-21-33(35)25(7)8/h13-25H,1-12H3. The van der Waals surface area contributed by atoms with Gasteiger partial charge in [0.05, 0.1) is 17.1 Å². The van der Waals surface area contributed by atoms with Crippen LogP contribution >= 0.6 is 0 Å². The Bertz CT molecular complexity index is 1200. The zero-order valence-corrected chi connectivity index (χ0v) is 26.3. The van der Waals surface area contributed by atoms with Crippen LogP contribution in [0.4, 0.5) is 17.1 Å². The van der Waals surface area contributed by atoms with E-state index in [2.05, 4.69) is 143 Å². The van der Waals surface area contributed by atoms with Gasteiger partial charge in [-0.2, -0.15) is 0 Å². The van der Waals surface area contributed by atoms with Crippen molar-refractivity contribution in [3.05, 3.63) is 88.0 Å². The fourth-order valence-corrected chi connectivity index (χ4v) is 5.42. The molecule has 3 aromatic carbocycles. The first-order valence-corrected chi connectivity index (χ1v) is 14.6. The minimum atomic E-state index is 0.380. The lowest BCUT2D eigenvalue weighted by Crippen LogP contribution is -2.35. The summed E-state index contributed by atoms with van der Waals surface area (Å²) in [6, 6.07) is 19.7. The monoisotopic (exact) mass is 523 g/mol. The number of hydrogen-bond donors (Lipinski definition) is 0. The van der Waals surface area contributed by atoms with Crippen molar-refractivity contribution in [3.8, 4) is 0 Å². The van der Waals surface area contributed by atoms with Gasteiger partial charge in [-0.15, -0.1) is 0 Å². The quantitative estimate of drug-likeness (QED) is 0.223. The van der Waals surface area contributed by atoms with Gasteiger partial charge < -0.3 is 0 Å². The van der Waals surface area contributed by atoms with E-state index < -0.39 is 0 Å². The number of rotatable bonds is 7. The zero-order valence-electron chi connectivity index (χ0n) is 26.3. The van der Waals surface area contributed by atoms with Crippen molar-refractivity contribution in [1.82, 2.24) is 0 Å². The minimum Gasteiger partial charge on any atom is -0.286 e. The highest BCUT2D eigenvalue weighted by Crippen LogP contribution is 2.38. The van der Waals surface area contributed by atoms with Crippen LogP contribution in [0.15, 0.2) is 64.6 Å². The first kappa shape index (κ1) is 30.3. The molecule has 0 saturated carbocycles. The molecule has 0 bridgehead atoms.